The molecule has 0 N–H and O–H groups in total. The molecule has 0 saturated heterocycles. The monoisotopic (exact) mass is 161 g/mol. The van der Waals surface area contributed by atoms with Crippen molar-refractivity contribution in [1.82, 2.24) is 0 Å². The minimum absolute atomic E-state index is 0.299. The van der Waals surface area contributed by atoms with E-state index in [9.17, 15) is 5.11 Å². The van der Waals surface area contributed by atoms with Gasteiger partial charge in [0, 0.05) is 0 Å². The van der Waals surface area contributed by atoms with E-state index < -0.39 is 0 Å². The Morgan fingerprint density at radius 1 is 1.42 bits per heavy atom. The SMILES string of the molecule is [O]C=c1ccc(=C2C=CN=N2)o1. The summed E-state index contributed by atoms with van der Waals surface area (Å²) in [4.78, 5) is 0. The van der Waals surface area contributed by atoms with Crippen LogP contribution in [0.25, 0.3) is 12.0 Å². The first-order chi connectivity index (χ1) is 5.90. The Morgan fingerprint density at radius 2 is 2.33 bits per heavy atom. The van der Waals surface area contributed by atoms with Gasteiger partial charge < -0.3 is 4.42 Å². The average molecular weight is 161 g/mol. The molecule has 12 heavy (non-hydrogen) atoms. The number of furan rings is 1. The van der Waals surface area contributed by atoms with Crippen LogP contribution in [0.3, 0.4) is 0 Å². The molecule has 0 bridgehead atoms. The number of azo groups is 1. The van der Waals surface area contributed by atoms with E-state index in [0.29, 0.717) is 22.8 Å². The van der Waals surface area contributed by atoms with Crippen molar-refractivity contribution in [3.8, 4) is 0 Å². The van der Waals surface area contributed by atoms with Gasteiger partial charge in [-0.1, -0.05) is 0 Å². The first-order valence-corrected chi connectivity index (χ1v) is 3.40. The Kier molecular flexibility index (Phi) is 1.51. The minimum Gasteiger partial charge on any atom is -0.452 e. The van der Waals surface area contributed by atoms with Crippen LogP contribution in [0.2, 0.25) is 0 Å². The van der Waals surface area contributed by atoms with Crippen molar-refractivity contribution in [2.75, 3.05) is 0 Å². The number of hydrogen-bond acceptors (Lipinski definition) is 3. The van der Waals surface area contributed by atoms with Gasteiger partial charge in [0.05, 0.1) is 6.20 Å². The second-order valence-corrected chi connectivity index (χ2v) is 2.24. The van der Waals surface area contributed by atoms with Crippen LogP contribution in [0.5, 0.6) is 0 Å². The largest absolute Gasteiger partial charge is 0.452 e. The molecule has 1 radical (unpaired) electrons. The zero-order valence-electron chi connectivity index (χ0n) is 6.10. The van der Waals surface area contributed by atoms with Crippen LogP contribution in [0.1, 0.15) is 0 Å². The molecule has 0 aliphatic carbocycles. The zero-order valence-corrected chi connectivity index (χ0v) is 6.10. The molecule has 2 rings (SSSR count). The van der Waals surface area contributed by atoms with Crippen molar-refractivity contribution in [1.29, 1.82) is 0 Å². The first-order valence-electron chi connectivity index (χ1n) is 3.40. The smallest absolute Gasteiger partial charge is 0.185 e. The lowest BCUT2D eigenvalue weighted by Gasteiger charge is -1.79. The standard InChI is InChI=1S/C8H5N2O2/c11-5-6-1-2-8(12-6)7-3-4-9-10-7/h1-5H. The molecule has 1 aliphatic rings. The van der Waals surface area contributed by atoms with Crippen LogP contribution in [-0.4, -0.2) is 0 Å². The molecule has 0 spiro atoms. The normalized spacial score (nSPS) is 20.8. The molecule has 0 aromatic carbocycles. The van der Waals surface area contributed by atoms with Gasteiger partial charge >= 0.3 is 0 Å². The zero-order chi connectivity index (χ0) is 8.39. The van der Waals surface area contributed by atoms with Crippen LogP contribution >= 0.6 is 0 Å². The maximum absolute atomic E-state index is 10.3. The Labute approximate surface area is 67.9 Å². The summed E-state index contributed by atoms with van der Waals surface area (Å²) in [5.41, 5.74) is 1.51. The molecule has 1 aromatic rings. The topological polar surface area (TPSA) is 57.8 Å². The van der Waals surface area contributed by atoms with Crippen molar-refractivity contribution in [3.63, 3.8) is 0 Å². The number of hydrogen-bond donors (Lipinski definition) is 0. The molecule has 1 aliphatic heterocycles. The first kappa shape index (κ1) is 6.84. The highest BCUT2D eigenvalue weighted by atomic mass is 16.3. The second kappa shape index (κ2) is 2.65. The fourth-order valence-electron chi connectivity index (χ4n) is 0.918. The van der Waals surface area contributed by atoms with E-state index in [0.717, 1.165) is 0 Å². The average Bonchev–Trinajstić information content (AvgIpc) is 2.75. The highest BCUT2D eigenvalue weighted by Crippen LogP contribution is 2.05. The Hall–Kier alpha value is -1.84. The Morgan fingerprint density at radius 3 is 2.92 bits per heavy atom. The van der Waals surface area contributed by atoms with Crippen molar-refractivity contribution in [3.05, 3.63) is 35.2 Å². The summed E-state index contributed by atoms with van der Waals surface area (Å²) >= 11 is 0. The predicted molar refractivity (Wildman–Crippen MR) is 40.5 cm³/mol. The Balaban J connectivity index is 2.67. The summed E-state index contributed by atoms with van der Waals surface area (Å²) in [5.74, 6) is 0. The van der Waals surface area contributed by atoms with Gasteiger partial charge in [0.15, 0.2) is 17.1 Å². The third kappa shape index (κ3) is 1.03. The number of rotatable bonds is 0. The summed E-state index contributed by atoms with van der Waals surface area (Å²) in [6.45, 7) is 0. The maximum atomic E-state index is 10.3. The van der Waals surface area contributed by atoms with Gasteiger partial charge in [0.2, 0.25) is 0 Å². The van der Waals surface area contributed by atoms with Crippen molar-refractivity contribution < 1.29 is 9.52 Å². The van der Waals surface area contributed by atoms with Crippen LogP contribution < -0.4 is 10.8 Å². The third-order valence-corrected chi connectivity index (χ3v) is 1.46. The van der Waals surface area contributed by atoms with E-state index in [-0.39, 0.29) is 0 Å². The van der Waals surface area contributed by atoms with Gasteiger partial charge in [-0.3, -0.25) is 5.11 Å². The van der Waals surface area contributed by atoms with E-state index in [4.69, 9.17) is 4.42 Å². The third-order valence-electron chi connectivity index (χ3n) is 1.46. The van der Waals surface area contributed by atoms with Crippen LogP contribution in [0, 0.1) is 0 Å². The van der Waals surface area contributed by atoms with Crippen LogP contribution in [-0.2, 0) is 5.11 Å². The summed E-state index contributed by atoms with van der Waals surface area (Å²) < 4.78 is 5.11. The molecule has 0 atom stereocenters. The van der Waals surface area contributed by atoms with E-state index in [1.54, 1.807) is 24.4 Å². The maximum Gasteiger partial charge on any atom is 0.185 e. The number of nitrogens with zero attached hydrogens (tertiary/aromatic N) is 2. The lowest BCUT2D eigenvalue weighted by molar-refractivity contribution is 0.391. The molecule has 4 heteroatoms. The molecule has 0 fully saturated rings. The summed E-state index contributed by atoms with van der Waals surface area (Å²) in [6, 6.07) is 3.28. The molecule has 0 unspecified atom stereocenters. The van der Waals surface area contributed by atoms with Gasteiger partial charge in [0.1, 0.15) is 5.70 Å². The van der Waals surface area contributed by atoms with E-state index >= 15 is 0 Å². The van der Waals surface area contributed by atoms with Gasteiger partial charge in [-0.15, -0.1) is 5.11 Å². The molecular formula is C8H5N2O2. The highest BCUT2D eigenvalue weighted by molar-refractivity contribution is 5.54. The minimum atomic E-state index is 0.299. The highest BCUT2D eigenvalue weighted by Gasteiger charge is 1.98. The van der Waals surface area contributed by atoms with Gasteiger partial charge in [-0.25, -0.2) is 0 Å². The van der Waals surface area contributed by atoms with Crippen molar-refractivity contribution >= 4 is 12.0 Å². The van der Waals surface area contributed by atoms with E-state index in [1.165, 1.54) is 0 Å². The van der Waals surface area contributed by atoms with Crippen molar-refractivity contribution in [2.45, 2.75) is 0 Å². The molecule has 2 heterocycles. The molecular weight excluding hydrogens is 156 g/mol. The van der Waals surface area contributed by atoms with Crippen LogP contribution in [0.15, 0.2) is 39.1 Å². The van der Waals surface area contributed by atoms with Gasteiger partial charge in [0.25, 0.3) is 0 Å². The summed E-state index contributed by atoms with van der Waals surface area (Å²) in [6.07, 6.45) is 3.94. The summed E-state index contributed by atoms with van der Waals surface area (Å²) in [5, 5.41) is 17.7. The van der Waals surface area contributed by atoms with E-state index in [1.807, 2.05) is 0 Å². The summed E-state index contributed by atoms with van der Waals surface area (Å²) in [7, 11) is 0. The fourth-order valence-corrected chi connectivity index (χ4v) is 0.918. The fraction of sp³-hybridized carbons (Fsp3) is 0. The molecule has 0 amide bonds. The van der Waals surface area contributed by atoms with Gasteiger partial charge in [-0.05, 0) is 18.2 Å². The van der Waals surface area contributed by atoms with Gasteiger partial charge in [-0.2, -0.15) is 5.11 Å². The van der Waals surface area contributed by atoms with Crippen molar-refractivity contribution in [2.24, 2.45) is 10.2 Å². The molecule has 1 aromatic heterocycles. The van der Waals surface area contributed by atoms with E-state index in [2.05, 4.69) is 10.2 Å². The quantitative estimate of drug-likeness (QED) is 0.547. The predicted octanol–water partition coefficient (Wildman–Crippen LogP) is 0.536. The lowest BCUT2D eigenvalue weighted by atomic mass is 10.4. The second-order valence-electron chi connectivity index (χ2n) is 2.24. The molecule has 0 saturated carbocycles. The van der Waals surface area contributed by atoms with Crippen LogP contribution in [0.4, 0.5) is 0 Å². The molecule has 59 valence electrons. The Bertz CT molecular complexity index is 440. The molecule has 4 nitrogen and oxygen atoms in total. The lowest BCUT2D eigenvalue weighted by Crippen LogP contribution is -2.00.